The van der Waals surface area contributed by atoms with E-state index in [9.17, 15) is 0 Å². The van der Waals surface area contributed by atoms with Gasteiger partial charge in [0.1, 0.15) is 0 Å². The SMILES string of the molecule is Cc1cc(C2C(c3ccccn3)NC(=S)N2C2CCCCC2)c(C)n1C1CCCC1. The summed E-state index contributed by atoms with van der Waals surface area (Å²) in [6.07, 6.45) is 13.7. The summed E-state index contributed by atoms with van der Waals surface area (Å²) < 4.78 is 2.62. The zero-order chi connectivity index (χ0) is 20.7. The maximum Gasteiger partial charge on any atom is 0.170 e. The molecule has 2 unspecified atom stereocenters. The van der Waals surface area contributed by atoms with Gasteiger partial charge in [-0.1, -0.05) is 38.2 Å². The minimum Gasteiger partial charge on any atom is -0.352 e. The first-order valence-electron chi connectivity index (χ1n) is 11.8. The summed E-state index contributed by atoms with van der Waals surface area (Å²) in [6.45, 7) is 4.62. The van der Waals surface area contributed by atoms with Crippen LogP contribution >= 0.6 is 12.2 Å². The first-order chi connectivity index (χ1) is 14.6. The van der Waals surface area contributed by atoms with Crippen LogP contribution in [0.2, 0.25) is 0 Å². The van der Waals surface area contributed by atoms with Crippen LogP contribution in [0.15, 0.2) is 30.5 Å². The molecule has 3 fully saturated rings. The van der Waals surface area contributed by atoms with Gasteiger partial charge in [-0.3, -0.25) is 4.98 Å². The van der Waals surface area contributed by atoms with Gasteiger partial charge in [0.25, 0.3) is 0 Å². The third-order valence-electron chi connectivity index (χ3n) is 7.64. The molecule has 3 aliphatic rings. The molecule has 2 atom stereocenters. The fraction of sp³-hybridized carbons (Fsp3) is 0.600. The zero-order valence-electron chi connectivity index (χ0n) is 18.3. The molecule has 30 heavy (non-hydrogen) atoms. The molecule has 4 nitrogen and oxygen atoms in total. The Morgan fingerprint density at radius 1 is 0.967 bits per heavy atom. The Hall–Kier alpha value is -1.88. The lowest BCUT2D eigenvalue weighted by Gasteiger charge is -2.37. The summed E-state index contributed by atoms with van der Waals surface area (Å²) in [5.41, 5.74) is 5.36. The Bertz CT molecular complexity index is 893. The number of aromatic nitrogens is 2. The molecule has 0 aromatic carbocycles. The van der Waals surface area contributed by atoms with Crippen LogP contribution in [0.3, 0.4) is 0 Å². The Morgan fingerprint density at radius 3 is 2.37 bits per heavy atom. The van der Waals surface area contributed by atoms with Crippen molar-refractivity contribution < 1.29 is 0 Å². The molecule has 2 aliphatic carbocycles. The van der Waals surface area contributed by atoms with Crippen molar-refractivity contribution in [3.63, 3.8) is 0 Å². The predicted octanol–water partition coefficient (Wildman–Crippen LogP) is 5.92. The summed E-state index contributed by atoms with van der Waals surface area (Å²) in [5.74, 6) is 0. The largest absolute Gasteiger partial charge is 0.352 e. The fourth-order valence-electron chi connectivity index (χ4n) is 6.28. The maximum atomic E-state index is 5.95. The molecule has 1 aliphatic heterocycles. The molecule has 160 valence electrons. The highest BCUT2D eigenvalue weighted by atomic mass is 32.1. The van der Waals surface area contributed by atoms with Crippen molar-refractivity contribution in [2.24, 2.45) is 0 Å². The number of hydrogen-bond acceptors (Lipinski definition) is 2. The van der Waals surface area contributed by atoms with E-state index in [4.69, 9.17) is 17.2 Å². The third-order valence-corrected chi connectivity index (χ3v) is 7.96. The van der Waals surface area contributed by atoms with E-state index in [0.717, 1.165) is 10.8 Å². The molecule has 0 spiro atoms. The van der Waals surface area contributed by atoms with Crippen LogP contribution in [-0.2, 0) is 0 Å². The van der Waals surface area contributed by atoms with Gasteiger partial charge < -0.3 is 14.8 Å². The van der Waals surface area contributed by atoms with Crippen LogP contribution in [0.4, 0.5) is 0 Å². The van der Waals surface area contributed by atoms with E-state index in [2.05, 4.69) is 46.8 Å². The predicted molar refractivity (Wildman–Crippen MR) is 126 cm³/mol. The normalized spacial score (nSPS) is 25.8. The van der Waals surface area contributed by atoms with Gasteiger partial charge in [-0.2, -0.15) is 0 Å². The summed E-state index contributed by atoms with van der Waals surface area (Å²) >= 11 is 5.95. The number of pyridine rings is 1. The molecule has 5 rings (SSSR count). The number of thiocarbonyl (C=S) groups is 1. The van der Waals surface area contributed by atoms with Crippen molar-refractivity contribution in [2.45, 2.75) is 95.8 Å². The average Bonchev–Trinajstić information content (AvgIpc) is 3.47. The fourth-order valence-corrected chi connectivity index (χ4v) is 6.67. The second-order valence-electron chi connectivity index (χ2n) is 9.46. The standard InChI is InChI=1S/C25H34N4S/c1-17-16-21(18(2)28(17)19-12-6-7-13-19)24-23(22-14-8-9-15-26-22)27-25(30)29(24)20-10-4-3-5-11-20/h8-9,14-16,19-20,23-24H,3-7,10-13H2,1-2H3,(H,27,30). The number of nitrogens with one attached hydrogen (secondary N) is 1. The highest BCUT2D eigenvalue weighted by Gasteiger charge is 2.44. The van der Waals surface area contributed by atoms with Crippen LogP contribution in [-0.4, -0.2) is 25.6 Å². The first kappa shape index (κ1) is 20.0. The van der Waals surface area contributed by atoms with Crippen molar-refractivity contribution in [1.82, 2.24) is 19.8 Å². The Balaban J connectivity index is 1.58. The number of rotatable bonds is 4. The van der Waals surface area contributed by atoms with E-state index in [0.29, 0.717) is 12.1 Å². The van der Waals surface area contributed by atoms with Crippen molar-refractivity contribution in [1.29, 1.82) is 0 Å². The maximum absolute atomic E-state index is 5.95. The van der Waals surface area contributed by atoms with E-state index in [1.807, 2.05) is 12.3 Å². The summed E-state index contributed by atoms with van der Waals surface area (Å²) in [5, 5.41) is 4.59. The molecule has 0 bridgehead atoms. The monoisotopic (exact) mass is 422 g/mol. The number of aryl methyl sites for hydroxylation is 1. The molecule has 2 aromatic heterocycles. The van der Waals surface area contributed by atoms with E-state index in [1.165, 1.54) is 74.7 Å². The van der Waals surface area contributed by atoms with E-state index >= 15 is 0 Å². The minimum atomic E-state index is 0.109. The van der Waals surface area contributed by atoms with Crippen LogP contribution in [0, 0.1) is 13.8 Å². The van der Waals surface area contributed by atoms with Gasteiger partial charge in [0.15, 0.2) is 5.11 Å². The smallest absolute Gasteiger partial charge is 0.170 e. The van der Waals surface area contributed by atoms with Gasteiger partial charge in [0, 0.05) is 29.7 Å². The summed E-state index contributed by atoms with van der Waals surface area (Å²) in [6, 6.07) is 10.2. The van der Waals surface area contributed by atoms with E-state index < -0.39 is 0 Å². The van der Waals surface area contributed by atoms with Crippen LogP contribution in [0.5, 0.6) is 0 Å². The van der Waals surface area contributed by atoms with Crippen molar-refractivity contribution in [2.75, 3.05) is 0 Å². The highest BCUT2D eigenvalue weighted by Crippen LogP contribution is 2.45. The Labute approximate surface area is 186 Å². The van der Waals surface area contributed by atoms with Crippen LogP contribution in [0.1, 0.15) is 98.6 Å². The van der Waals surface area contributed by atoms with Crippen molar-refractivity contribution in [3.8, 4) is 0 Å². The average molecular weight is 423 g/mol. The Morgan fingerprint density at radius 2 is 1.67 bits per heavy atom. The van der Waals surface area contributed by atoms with E-state index in [1.54, 1.807) is 0 Å². The van der Waals surface area contributed by atoms with E-state index in [-0.39, 0.29) is 12.1 Å². The van der Waals surface area contributed by atoms with Gasteiger partial charge in [-0.15, -0.1) is 0 Å². The molecular formula is C25H34N4S. The molecule has 0 amide bonds. The molecule has 5 heteroatoms. The molecule has 3 heterocycles. The molecule has 0 radical (unpaired) electrons. The van der Waals surface area contributed by atoms with Gasteiger partial charge in [0.2, 0.25) is 0 Å². The van der Waals surface area contributed by atoms with Crippen LogP contribution < -0.4 is 5.32 Å². The molecule has 1 N–H and O–H groups in total. The zero-order valence-corrected chi connectivity index (χ0v) is 19.1. The van der Waals surface area contributed by atoms with Gasteiger partial charge >= 0.3 is 0 Å². The first-order valence-corrected chi connectivity index (χ1v) is 12.2. The molecule has 2 saturated carbocycles. The Kier molecular flexibility index (Phi) is 5.57. The number of hydrogen-bond donors (Lipinski definition) is 1. The highest BCUT2D eigenvalue weighted by molar-refractivity contribution is 7.80. The van der Waals surface area contributed by atoms with Crippen molar-refractivity contribution in [3.05, 3.63) is 53.1 Å². The summed E-state index contributed by atoms with van der Waals surface area (Å²) in [4.78, 5) is 7.28. The lowest BCUT2D eigenvalue weighted by molar-refractivity contribution is 0.196. The lowest BCUT2D eigenvalue weighted by atomic mass is 9.90. The summed E-state index contributed by atoms with van der Waals surface area (Å²) in [7, 11) is 0. The topological polar surface area (TPSA) is 33.1 Å². The van der Waals surface area contributed by atoms with Gasteiger partial charge in [-0.05, 0) is 75.5 Å². The quantitative estimate of drug-likeness (QED) is 0.620. The molecule has 1 saturated heterocycles. The second-order valence-corrected chi connectivity index (χ2v) is 9.85. The molecule has 2 aromatic rings. The third kappa shape index (κ3) is 3.45. The van der Waals surface area contributed by atoms with Gasteiger partial charge in [-0.25, -0.2) is 0 Å². The second kappa shape index (κ2) is 8.33. The van der Waals surface area contributed by atoms with Gasteiger partial charge in [0.05, 0.1) is 17.8 Å². The lowest BCUT2D eigenvalue weighted by Crippen LogP contribution is -2.40. The number of nitrogens with zero attached hydrogens (tertiary/aromatic N) is 3. The van der Waals surface area contributed by atoms with Crippen LogP contribution in [0.25, 0.3) is 0 Å². The molecular weight excluding hydrogens is 388 g/mol. The van der Waals surface area contributed by atoms with Crippen molar-refractivity contribution >= 4 is 17.3 Å². The minimum absolute atomic E-state index is 0.109.